The van der Waals surface area contributed by atoms with Crippen molar-refractivity contribution in [3.63, 3.8) is 0 Å². The zero-order valence-corrected chi connectivity index (χ0v) is 7.65. The monoisotopic (exact) mass is 249 g/mol. The second-order valence-electron chi connectivity index (χ2n) is 3.12. The standard InChI is InChI=1S/C6H5F6N3O/c1-4(13,6(10,11)12)3-14-2(15-16-3)5(7,8)9/h13H2,1H3. The van der Waals surface area contributed by atoms with Crippen molar-refractivity contribution in [2.45, 2.75) is 24.8 Å². The SMILES string of the molecule is CC(N)(c1nc(C(F)(F)F)no1)C(F)(F)F. The molecule has 0 radical (unpaired) electrons. The molecule has 4 nitrogen and oxygen atoms in total. The van der Waals surface area contributed by atoms with E-state index in [2.05, 4.69) is 14.7 Å². The molecule has 1 aromatic rings. The van der Waals surface area contributed by atoms with E-state index < -0.39 is 29.6 Å². The molecule has 1 atom stereocenters. The fraction of sp³-hybridized carbons (Fsp3) is 0.667. The highest BCUT2D eigenvalue weighted by molar-refractivity contribution is 5.05. The van der Waals surface area contributed by atoms with Gasteiger partial charge in [0.15, 0.2) is 5.54 Å². The minimum absolute atomic E-state index is 0.431. The number of rotatable bonds is 1. The number of halogens is 6. The fourth-order valence-electron chi connectivity index (χ4n) is 0.671. The van der Waals surface area contributed by atoms with Gasteiger partial charge in [0.1, 0.15) is 0 Å². The van der Waals surface area contributed by atoms with Gasteiger partial charge in [0, 0.05) is 0 Å². The average Bonchev–Trinajstić information content (AvgIpc) is 2.47. The third-order valence-corrected chi connectivity index (χ3v) is 1.71. The minimum atomic E-state index is -5.00. The first kappa shape index (κ1) is 12.7. The molecule has 0 bridgehead atoms. The van der Waals surface area contributed by atoms with Crippen LogP contribution in [0.1, 0.15) is 18.6 Å². The molecule has 10 heteroatoms. The molecule has 0 aromatic carbocycles. The molecule has 0 aliphatic carbocycles. The minimum Gasteiger partial charge on any atom is -0.337 e. The van der Waals surface area contributed by atoms with Crippen molar-refractivity contribution in [2.24, 2.45) is 5.73 Å². The van der Waals surface area contributed by atoms with Crippen molar-refractivity contribution in [3.8, 4) is 0 Å². The normalized spacial score (nSPS) is 17.2. The van der Waals surface area contributed by atoms with Crippen LogP contribution in [0.4, 0.5) is 26.3 Å². The van der Waals surface area contributed by atoms with Gasteiger partial charge in [-0.25, -0.2) is 0 Å². The van der Waals surface area contributed by atoms with E-state index >= 15 is 0 Å². The summed E-state index contributed by atoms with van der Waals surface area (Å²) in [5.41, 5.74) is 1.66. The number of aromatic nitrogens is 2. The van der Waals surface area contributed by atoms with Gasteiger partial charge in [-0.3, -0.25) is 0 Å². The zero-order chi connectivity index (χ0) is 12.8. The van der Waals surface area contributed by atoms with Crippen LogP contribution < -0.4 is 5.73 Å². The molecule has 16 heavy (non-hydrogen) atoms. The maximum atomic E-state index is 12.3. The van der Waals surface area contributed by atoms with Crippen LogP contribution in [0.15, 0.2) is 4.52 Å². The number of nitrogens with two attached hydrogens (primary N) is 1. The maximum Gasteiger partial charge on any atom is 0.455 e. The highest BCUT2D eigenvalue weighted by Gasteiger charge is 2.54. The molecule has 2 N–H and O–H groups in total. The highest BCUT2D eigenvalue weighted by atomic mass is 19.4. The second kappa shape index (κ2) is 3.34. The molecule has 0 saturated heterocycles. The van der Waals surface area contributed by atoms with Gasteiger partial charge in [0.05, 0.1) is 0 Å². The van der Waals surface area contributed by atoms with Gasteiger partial charge in [-0.05, 0) is 6.92 Å². The summed E-state index contributed by atoms with van der Waals surface area (Å²) in [5, 5.41) is 2.38. The summed E-state index contributed by atoms with van der Waals surface area (Å²) in [6, 6.07) is 0. The molecule has 1 rings (SSSR count). The topological polar surface area (TPSA) is 64.9 Å². The van der Waals surface area contributed by atoms with Crippen LogP contribution in [0, 0.1) is 0 Å². The Hall–Kier alpha value is -1.32. The molecule has 92 valence electrons. The van der Waals surface area contributed by atoms with Crippen molar-refractivity contribution in [1.29, 1.82) is 0 Å². The lowest BCUT2D eigenvalue weighted by molar-refractivity contribution is -0.190. The summed E-state index contributed by atoms with van der Waals surface area (Å²) in [4.78, 5) is 2.57. The van der Waals surface area contributed by atoms with Gasteiger partial charge in [-0.15, -0.1) is 0 Å². The third-order valence-electron chi connectivity index (χ3n) is 1.71. The van der Waals surface area contributed by atoms with Gasteiger partial charge in [0.2, 0.25) is 0 Å². The fourth-order valence-corrected chi connectivity index (χ4v) is 0.671. The van der Waals surface area contributed by atoms with Gasteiger partial charge in [-0.1, -0.05) is 5.16 Å². The Labute approximate surface area is 84.4 Å². The van der Waals surface area contributed by atoms with Gasteiger partial charge in [-0.2, -0.15) is 31.3 Å². The Kier molecular flexibility index (Phi) is 2.66. The predicted molar refractivity (Wildman–Crippen MR) is 36.9 cm³/mol. The molecule has 1 heterocycles. The lowest BCUT2D eigenvalue weighted by Crippen LogP contribution is -2.48. The van der Waals surface area contributed by atoms with Crippen LogP contribution >= 0.6 is 0 Å². The van der Waals surface area contributed by atoms with Crippen molar-refractivity contribution in [2.75, 3.05) is 0 Å². The van der Waals surface area contributed by atoms with Crippen LogP contribution in [0.2, 0.25) is 0 Å². The second-order valence-corrected chi connectivity index (χ2v) is 3.12. The molecule has 1 aromatic heterocycles. The van der Waals surface area contributed by atoms with Gasteiger partial charge in [0.25, 0.3) is 11.7 Å². The summed E-state index contributed by atoms with van der Waals surface area (Å²) in [6.45, 7) is 0.431. The molecule has 0 amide bonds. The van der Waals surface area contributed by atoms with E-state index in [0.29, 0.717) is 6.92 Å². The van der Waals surface area contributed by atoms with Crippen LogP contribution in [-0.2, 0) is 11.7 Å². The van der Waals surface area contributed by atoms with E-state index in [9.17, 15) is 26.3 Å². The summed E-state index contributed by atoms with van der Waals surface area (Å²) < 4.78 is 76.7. The first-order chi connectivity index (χ1) is 6.96. The smallest absolute Gasteiger partial charge is 0.337 e. The molecule has 0 aliphatic heterocycles. The predicted octanol–water partition coefficient (Wildman–Crippen LogP) is 1.82. The van der Waals surface area contributed by atoms with E-state index in [4.69, 9.17) is 5.73 Å². The summed E-state index contributed by atoms with van der Waals surface area (Å²) >= 11 is 0. The number of alkyl halides is 6. The summed E-state index contributed by atoms with van der Waals surface area (Å²) in [5.74, 6) is -3.14. The van der Waals surface area contributed by atoms with Crippen molar-refractivity contribution >= 4 is 0 Å². The van der Waals surface area contributed by atoms with E-state index in [1.165, 1.54) is 0 Å². The lowest BCUT2D eigenvalue weighted by atomic mass is 10.0. The maximum absolute atomic E-state index is 12.3. The Morgan fingerprint density at radius 2 is 1.62 bits per heavy atom. The third kappa shape index (κ3) is 2.10. The molecule has 1 unspecified atom stereocenters. The van der Waals surface area contributed by atoms with Crippen molar-refractivity contribution in [3.05, 3.63) is 11.7 Å². The van der Waals surface area contributed by atoms with Crippen LogP contribution in [0.3, 0.4) is 0 Å². The van der Waals surface area contributed by atoms with E-state index in [1.807, 2.05) is 0 Å². The Balaban J connectivity index is 3.13. The van der Waals surface area contributed by atoms with Crippen molar-refractivity contribution in [1.82, 2.24) is 10.1 Å². The summed E-state index contributed by atoms with van der Waals surface area (Å²) in [6.07, 6.45) is -9.98. The first-order valence-corrected chi connectivity index (χ1v) is 3.73. The molecule has 0 fully saturated rings. The lowest BCUT2D eigenvalue weighted by Gasteiger charge is -2.22. The molecule has 0 spiro atoms. The van der Waals surface area contributed by atoms with Gasteiger partial charge < -0.3 is 10.3 Å². The zero-order valence-electron chi connectivity index (χ0n) is 7.65. The number of nitrogens with zero attached hydrogens (tertiary/aromatic N) is 2. The average molecular weight is 249 g/mol. The number of hydrogen-bond donors (Lipinski definition) is 1. The Morgan fingerprint density at radius 1 is 1.12 bits per heavy atom. The van der Waals surface area contributed by atoms with E-state index in [0.717, 1.165) is 0 Å². The molecule has 0 aliphatic rings. The molecular formula is C6H5F6N3O. The van der Waals surface area contributed by atoms with Gasteiger partial charge >= 0.3 is 12.4 Å². The van der Waals surface area contributed by atoms with Crippen LogP contribution in [0.5, 0.6) is 0 Å². The van der Waals surface area contributed by atoms with Crippen molar-refractivity contribution < 1.29 is 30.9 Å². The Bertz CT molecular complexity index is 378. The van der Waals surface area contributed by atoms with E-state index in [-0.39, 0.29) is 0 Å². The molecular weight excluding hydrogens is 244 g/mol. The Morgan fingerprint density at radius 3 is 1.94 bits per heavy atom. The van der Waals surface area contributed by atoms with E-state index in [1.54, 1.807) is 0 Å². The molecule has 0 saturated carbocycles. The summed E-state index contributed by atoms with van der Waals surface area (Å²) in [7, 11) is 0. The number of hydrogen-bond acceptors (Lipinski definition) is 4. The quantitative estimate of drug-likeness (QED) is 0.771. The largest absolute Gasteiger partial charge is 0.455 e. The van der Waals surface area contributed by atoms with Crippen LogP contribution in [0.25, 0.3) is 0 Å². The first-order valence-electron chi connectivity index (χ1n) is 3.73. The highest BCUT2D eigenvalue weighted by Crippen LogP contribution is 2.36. The van der Waals surface area contributed by atoms with Crippen LogP contribution in [-0.4, -0.2) is 16.3 Å².